The number of carbonyl (C=O) groups excluding carboxylic acids is 1. The minimum Gasteiger partial charge on any atom is -0.322 e. The molecule has 3 rings (SSSR count). The highest BCUT2D eigenvalue weighted by Crippen LogP contribution is 2.21. The van der Waals surface area contributed by atoms with Crippen molar-refractivity contribution in [3.8, 4) is 0 Å². The van der Waals surface area contributed by atoms with Gasteiger partial charge in [0.25, 0.3) is 5.91 Å². The lowest BCUT2D eigenvalue weighted by Crippen LogP contribution is -2.11. The molecule has 1 aromatic heterocycles. The van der Waals surface area contributed by atoms with Gasteiger partial charge in [0.05, 0.1) is 0 Å². The van der Waals surface area contributed by atoms with Crippen LogP contribution in [0.1, 0.15) is 22.8 Å². The molecule has 0 saturated heterocycles. The predicted molar refractivity (Wildman–Crippen MR) is 96.1 cm³/mol. The number of para-hydroxylation sites is 1. The molecule has 5 nitrogen and oxygen atoms in total. The number of rotatable bonds is 6. The van der Waals surface area contributed by atoms with Crippen molar-refractivity contribution in [3.05, 3.63) is 72.1 Å². The number of benzene rings is 2. The van der Waals surface area contributed by atoms with Crippen LogP contribution >= 0.6 is 11.8 Å². The number of thioether (sulfide) groups is 1. The number of amides is 1. The lowest BCUT2D eigenvalue weighted by molar-refractivity contribution is 0.102. The van der Waals surface area contributed by atoms with E-state index >= 15 is 0 Å². The molecular formula is C18H18N4OS. The normalized spacial score (nSPS) is 10.5. The first kappa shape index (κ1) is 16.3. The molecule has 0 aliphatic rings. The van der Waals surface area contributed by atoms with Gasteiger partial charge in [-0.25, -0.2) is 0 Å². The highest BCUT2D eigenvalue weighted by molar-refractivity contribution is 7.98. The third-order valence-corrected chi connectivity index (χ3v) is 4.59. The summed E-state index contributed by atoms with van der Waals surface area (Å²) in [6.45, 7) is 2.92. The Hall–Kier alpha value is -2.60. The topological polar surface area (TPSA) is 59.8 Å². The fraction of sp³-hybridized carbons (Fsp3) is 0.167. The van der Waals surface area contributed by atoms with Crippen LogP contribution < -0.4 is 5.32 Å². The zero-order chi connectivity index (χ0) is 16.8. The SMILES string of the molecule is CCn1cnnc1SCc1ccc(C(=O)Nc2ccccc2)cc1. The molecule has 0 saturated carbocycles. The smallest absolute Gasteiger partial charge is 0.255 e. The fourth-order valence-corrected chi connectivity index (χ4v) is 3.13. The summed E-state index contributed by atoms with van der Waals surface area (Å²) in [4.78, 5) is 12.2. The van der Waals surface area contributed by atoms with Crippen LogP contribution in [-0.2, 0) is 12.3 Å². The van der Waals surface area contributed by atoms with E-state index < -0.39 is 0 Å². The molecule has 1 amide bonds. The van der Waals surface area contributed by atoms with E-state index in [0.717, 1.165) is 28.7 Å². The van der Waals surface area contributed by atoms with Crippen LogP contribution in [0, 0.1) is 0 Å². The Morgan fingerprint density at radius 3 is 2.58 bits per heavy atom. The summed E-state index contributed by atoms with van der Waals surface area (Å²) in [6.07, 6.45) is 1.74. The van der Waals surface area contributed by atoms with Crippen molar-refractivity contribution in [2.24, 2.45) is 0 Å². The second-order valence-electron chi connectivity index (χ2n) is 5.21. The summed E-state index contributed by atoms with van der Waals surface area (Å²) in [5.41, 5.74) is 2.58. The van der Waals surface area contributed by atoms with E-state index in [1.54, 1.807) is 18.1 Å². The maximum Gasteiger partial charge on any atom is 0.255 e. The van der Waals surface area contributed by atoms with Crippen LogP contribution in [0.15, 0.2) is 66.1 Å². The van der Waals surface area contributed by atoms with Crippen LogP contribution in [0.4, 0.5) is 5.69 Å². The molecule has 122 valence electrons. The van der Waals surface area contributed by atoms with Gasteiger partial charge < -0.3 is 9.88 Å². The predicted octanol–water partition coefficient (Wildman–Crippen LogP) is 3.84. The van der Waals surface area contributed by atoms with Crippen LogP contribution in [-0.4, -0.2) is 20.7 Å². The number of aromatic nitrogens is 3. The first-order chi connectivity index (χ1) is 11.8. The largest absolute Gasteiger partial charge is 0.322 e. The molecule has 0 unspecified atom stereocenters. The number of hydrogen-bond donors (Lipinski definition) is 1. The maximum absolute atomic E-state index is 12.2. The molecule has 0 spiro atoms. The number of aryl methyl sites for hydroxylation is 1. The zero-order valence-corrected chi connectivity index (χ0v) is 14.2. The molecule has 0 aliphatic carbocycles. The molecule has 0 atom stereocenters. The molecule has 1 N–H and O–H groups in total. The Labute approximate surface area is 145 Å². The molecule has 0 radical (unpaired) electrons. The second kappa shape index (κ2) is 7.79. The number of nitrogens with one attached hydrogen (secondary N) is 1. The van der Waals surface area contributed by atoms with E-state index in [2.05, 4.69) is 22.4 Å². The zero-order valence-electron chi connectivity index (χ0n) is 13.3. The minimum atomic E-state index is -0.105. The van der Waals surface area contributed by atoms with Gasteiger partial charge in [0.15, 0.2) is 5.16 Å². The lowest BCUT2D eigenvalue weighted by Gasteiger charge is -2.06. The lowest BCUT2D eigenvalue weighted by atomic mass is 10.1. The highest BCUT2D eigenvalue weighted by atomic mass is 32.2. The molecule has 1 heterocycles. The van der Waals surface area contributed by atoms with Gasteiger partial charge in [0, 0.05) is 23.5 Å². The Bertz CT molecular complexity index is 799. The number of carbonyl (C=O) groups is 1. The van der Waals surface area contributed by atoms with Gasteiger partial charge in [-0.3, -0.25) is 4.79 Å². The summed E-state index contributed by atoms with van der Waals surface area (Å²) in [7, 11) is 0. The molecule has 0 bridgehead atoms. The Morgan fingerprint density at radius 1 is 1.12 bits per heavy atom. The van der Waals surface area contributed by atoms with E-state index in [4.69, 9.17) is 0 Å². The third kappa shape index (κ3) is 4.02. The van der Waals surface area contributed by atoms with Crippen molar-refractivity contribution < 1.29 is 4.79 Å². The van der Waals surface area contributed by atoms with Crippen LogP contribution in [0.25, 0.3) is 0 Å². The summed E-state index contributed by atoms with van der Waals surface area (Å²) in [5, 5.41) is 11.8. The Balaban J connectivity index is 1.60. The second-order valence-corrected chi connectivity index (χ2v) is 6.15. The quantitative estimate of drug-likeness (QED) is 0.694. The molecule has 0 fully saturated rings. The first-order valence-electron chi connectivity index (χ1n) is 7.72. The third-order valence-electron chi connectivity index (χ3n) is 3.54. The van der Waals surface area contributed by atoms with Crippen molar-refractivity contribution >= 4 is 23.4 Å². The molecule has 0 aliphatic heterocycles. The molecule has 6 heteroatoms. The summed E-state index contributed by atoms with van der Waals surface area (Å²) >= 11 is 1.64. The highest BCUT2D eigenvalue weighted by Gasteiger charge is 2.07. The van der Waals surface area contributed by atoms with E-state index in [1.165, 1.54) is 0 Å². The van der Waals surface area contributed by atoms with Gasteiger partial charge in [-0.05, 0) is 36.8 Å². The van der Waals surface area contributed by atoms with Gasteiger partial charge in [0.2, 0.25) is 0 Å². The maximum atomic E-state index is 12.2. The van der Waals surface area contributed by atoms with Gasteiger partial charge in [0.1, 0.15) is 6.33 Å². The summed E-state index contributed by atoms with van der Waals surface area (Å²) < 4.78 is 2.01. The fourth-order valence-electron chi connectivity index (χ4n) is 2.20. The Morgan fingerprint density at radius 2 is 1.88 bits per heavy atom. The molecular weight excluding hydrogens is 320 g/mol. The van der Waals surface area contributed by atoms with E-state index in [1.807, 2.05) is 59.2 Å². The summed E-state index contributed by atoms with van der Waals surface area (Å²) in [5.74, 6) is 0.686. The van der Waals surface area contributed by atoms with Crippen molar-refractivity contribution in [1.82, 2.24) is 14.8 Å². The van der Waals surface area contributed by atoms with Crippen molar-refractivity contribution in [1.29, 1.82) is 0 Å². The van der Waals surface area contributed by atoms with Gasteiger partial charge in [-0.1, -0.05) is 42.1 Å². The van der Waals surface area contributed by atoms with Crippen LogP contribution in [0.5, 0.6) is 0 Å². The van der Waals surface area contributed by atoms with E-state index in [0.29, 0.717) is 5.56 Å². The van der Waals surface area contributed by atoms with E-state index in [-0.39, 0.29) is 5.91 Å². The van der Waals surface area contributed by atoms with Crippen molar-refractivity contribution in [2.45, 2.75) is 24.4 Å². The minimum absolute atomic E-state index is 0.105. The standard InChI is InChI=1S/C18H18N4OS/c1-2-22-13-19-21-18(22)24-12-14-8-10-15(11-9-14)17(23)20-16-6-4-3-5-7-16/h3-11,13H,2,12H2,1H3,(H,20,23). The van der Waals surface area contributed by atoms with Gasteiger partial charge in [-0.15, -0.1) is 10.2 Å². The van der Waals surface area contributed by atoms with Crippen LogP contribution in [0.2, 0.25) is 0 Å². The Kier molecular flexibility index (Phi) is 5.28. The van der Waals surface area contributed by atoms with Crippen LogP contribution in [0.3, 0.4) is 0 Å². The van der Waals surface area contributed by atoms with Gasteiger partial charge in [-0.2, -0.15) is 0 Å². The first-order valence-corrected chi connectivity index (χ1v) is 8.71. The van der Waals surface area contributed by atoms with Crippen molar-refractivity contribution in [2.75, 3.05) is 5.32 Å². The monoisotopic (exact) mass is 338 g/mol. The molecule has 24 heavy (non-hydrogen) atoms. The molecule has 3 aromatic rings. The average Bonchev–Trinajstić information content (AvgIpc) is 3.09. The van der Waals surface area contributed by atoms with Gasteiger partial charge >= 0.3 is 0 Å². The van der Waals surface area contributed by atoms with E-state index in [9.17, 15) is 4.79 Å². The number of hydrogen-bond acceptors (Lipinski definition) is 4. The molecule has 2 aromatic carbocycles. The number of anilines is 1. The van der Waals surface area contributed by atoms with Crippen molar-refractivity contribution in [3.63, 3.8) is 0 Å². The average molecular weight is 338 g/mol. The number of nitrogens with zero attached hydrogens (tertiary/aromatic N) is 3. The summed E-state index contributed by atoms with van der Waals surface area (Å²) in [6, 6.07) is 17.1.